The molecule has 0 aromatic carbocycles. The van der Waals surface area contributed by atoms with Gasteiger partial charge in [0.15, 0.2) is 9.84 Å². The second kappa shape index (κ2) is 6.66. The second-order valence-corrected chi connectivity index (χ2v) is 6.83. The van der Waals surface area contributed by atoms with Gasteiger partial charge in [0.25, 0.3) is 0 Å². The van der Waals surface area contributed by atoms with Gasteiger partial charge in [-0.05, 0) is 6.42 Å². The van der Waals surface area contributed by atoms with Crippen molar-refractivity contribution < 1.29 is 33.0 Å². The number of sulfone groups is 1. The normalized spacial score (nSPS) is 20.8. The van der Waals surface area contributed by atoms with Crippen molar-refractivity contribution in [3.8, 4) is 0 Å². The molecule has 0 aliphatic carbocycles. The van der Waals surface area contributed by atoms with Crippen molar-refractivity contribution in [2.24, 2.45) is 0 Å². The first-order valence-electron chi connectivity index (χ1n) is 5.83. The maximum Gasteiger partial charge on any atom is 0.317 e. The summed E-state index contributed by atoms with van der Waals surface area (Å²) in [5.74, 6) is -3.22. The minimum atomic E-state index is -3.12. The molecule has 0 aromatic rings. The molecule has 0 bridgehead atoms. The number of nitrogens with one attached hydrogen (secondary N) is 1. The van der Waals surface area contributed by atoms with Gasteiger partial charge in [-0.2, -0.15) is 0 Å². The van der Waals surface area contributed by atoms with Crippen LogP contribution in [0.25, 0.3) is 0 Å². The highest BCUT2D eigenvalue weighted by Gasteiger charge is 2.29. The molecule has 1 aliphatic heterocycles. The summed E-state index contributed by atoms with van der Waals surface area (Å²) in [6, 6.07) is -0.496. The van der Waals surface area contributed by atoms with Gasteiger partial charge in [0.2, 0.25) is 5.91 Å². The number of aliphatic carboxylic acids is 2. The Bertz CT molecular complexity index is 486. The Morgan fingerprint density at radius 3 is 2.05 bits per heavy atom. The fourth-order valence-electron chi connectivity index (χ4n) is 1.94. The van der Waals surface area contributed by atoms with Crippen molar-refractivity contribution in [2.45, 2.75) is 12.5 Å². The van der Waals surface area contributed by atoms with Crippen LogP contribution in [0, 0.1) is 0 Å². The molecule has 1 unspecified atom stereocenters. The Morgan fingerprint density at radius 2 is 1.65 bits per heavy atom. The van der Waals surface area contributed by atoms with Gasteiger partial charge in [0, 0.05) is 6.04 Å². The molecule has 9 nitrogen and oxygen atoms in total. The van der Waals surface area contributed by atoms with Crippen LogP contribution in [0.5, 0.6) is 0 Å². The summed E-state index contributed by atoms with van der Waals surface area (Å²) in [5.41, 5.74) is 0. The standard InChI is InChI=1S/C10H16N2O7S/c13-8(11-7-1-2-20(18,19)6-7)3-12(4-9(14)15)5-10(16)17/h7H,1-6H2,(H,11,13)(H,14,15)(H,16,17). The van der Waals surface area contributed by atoms with Gasteiger partial charge in [-0.1, -0.05) is 0 Å². The Kier molecular flexibility index (Phi) is 5.45. The molecule has 1 atom stereocenters. The van der Waals surface area contributed by atoms with Crippen molar-refractivity contribution in [2.75, 3.05) is 31.1 Å². The van der Waals surface area contributed by atoms with E-state index in [1.54, 1.807) is 0 Å². The highest BCUT2D eigenvalue weighted by atomic mass is 32.2. The lowest BCUT2D eigenvalue weighted by molar-refractivity contribution is -0.142. The summed E-state index contributed by atoms with van der Waals surface area (Å²) in [7, 11) is -3.12. The zero-order valence-electron chi connectivity index (χ0n) is 10.6. The molecule has 10 heteroatoms. The van der Waals surface area contributed by atoms with E-state index in [1.807, 2.05) is 0 Å². The first-order chi connectivity index (χ1) is 9.18. The van der Waals surface area contributed by atoms with E-state index in [1.165, 1.54) is 0 Å². The largest absolute Gasteiger partial charge is 0.480 e. The van der Waals surface area contributed by atoms with Crippen molar-refractivity contribution in [3.63, 3.8) is 0 Å². The molecular weight excluding hydrogens is 292 g/mol. The van der Waals surface area contributed by atoms with Crippen LogP contribution in [0.3, 0.4) is 0 Å². The molecule has 1 fully saturated rings. The smallest absolute Gasteiger partial charge is 0.317 e. The molecule has 1 amide bonds. The molecule has 0 saturated carbocycles. The van der Waals surface area contributed by atoms with E-state index in [9.17, 15) is 22.8 Å². The number of carboxylic acid groups (broad SMARTS) is 2. The summed E-state index contributed by atoms with van der Waals surface area (Å²) in [4.78, 5) is 33.7. The van der Waals surface area contributed by atoms with Gasteiger partial charge in [0.1, 0.15) is 0 Å². The topological polar surface area (TPSA) is 141 Å². The minimum absolute atomic E-state index is 0.00587. The molecule has 114 valence electrons. The van der Waals surface area contributed by atoms with E-state index in [-0.39, 0.29) is 11.5 Å². The van der Waals surface area contributed by atoms with Crippen LogP contribution < -0.4 is 5.32 Å². The zero-order chi connectivity index (χ0) is 15.3. The Hall–Kier alpha value is -1.68. The number of nitrogens with zero attached hydrogens (tertiary/aromatic N) is 1. The van der Waals surface area contributed by atoms with Crippen molar-refractivity contribution in [1.29, 1.82) is 0 Å². The molecule has 20 heavy (non-hydrogen) atoms. The quantitative estimate of drug-likeness (QED) is 0.479. The SMILES string of the molecule is O=C(O)CN(CC(=O)O)CC(=O)NC1CCS(=O)(=O)C1. The molecule has 1 saturated heterocycles. The molecule has 0 aromatic heterocycles. The molecular formula is C10H16N2O7S. The van der Waals surface area contributed by atoms with E-state index in [0.29, 0.717) is 6.42 Å². The molecule has 1 rings (SSSR count). The molecule has 3 N–H and O–H groups in total. The van der Waals surface area contributed by atoms with Crippen molar-refractivity contribution in [3.05, 3.63) is 0 Å². The molecule has 0 spiro atoms. The molecule has 1 aliphatic rings. The first kappa shape index (κ1) is 16.4. The van der Waals surface area contributed by atoms with Crippen LogP contribution in [-0.2, 0) is 24.2 Å². The number of carboxylic acids is 2. The number of rotatable bonds is 7. The third-order valence-corrected chi connectivity index (χ3v) is 4.45. The van der Waals surface area contributed by atoms with E-state index in [2.05, 4.69) is 5.32 Å². The number of amides is 1. The first-order valence-corrected chi connectivity index (χ1v) is 7.66. The Labute approximate surface area is 115 Å². The van der Waals surface area contributed by atoms with Gasteiger partial charge in [-0.15, -0.1) is 0 Å². The average Bonchev–Trinajstić information content (AvgIpc) is 2.55. The van der Waals surface area contributed by atoms with Gasteiger partial charge in [0.05, 0.1) is 31.1 Å². The van der Waals surface area contributed by atoms with Crippen LogP contribution in [-0.4, -0.2) is 78.6 Å². The minimum Gasteiger partial charge on any atom is -0.480 e. The number of carbonyl (C=O) groups excluding carboxylic acids is 1. The summed E-state index contributed by atoms with van der Waals surface area (Å²) in [5, 5.41) is 19.7. The fraction of sp³-hybridized carbons (Fsp3) is 0.700. The maximum atomic E-state index is 11.6. The fourth-order valence-corrected chi connectivity index (χ4v) is 3.61. The summed E-state index contributed by atoms with van der Waals surface area (Å²) in [6.45, 7) is -1.57. The lowest BCUT2D eigenvalue weighted by Gasteiger charge is -2.18. The Balaban J connectivity index is 2.49. The number of carbonyl (C=O) groups is 3. The van der Waals surface area contributed by atoms with Crippen molar-refractivity contribution >= 4 is 27.7 Å². The van der Waals surface area contributed by atoms with Gasteiger partial charge >= 0.3 is 11.9 Å². The highest BCUT2D eigenvalue weighted by molar-refractivity contribution is 7.91. The van der Waals surface area contributed by atoms with Crippen LogP contribution in [0.15, 0.2) is 0 Å². The van der Waals surface area contributed by atoms with Crippen LogP contribution in [0.4, 0.5) is 0 Å². The van der Waals surface area contributed by atoms with E-state index < -0.39 is 53.4 Å². The van der Waals surface area contributed by atoms with Gasteiger partial charge in [-0.25, -0.2) is 8.42 Å². The average molecular weight is 308 g/mol. The van der Waals surface area contributed by atoms with Crippen LogP contribution in [0.2, 0.25) is 0 Å². The van der Waals surface area contributed by atoms with Crippen LogP contribution in [0.1, 0.15) is 6.42 Å². The Morgan fingerprint density at radius 1 is 1.10 bits per heavy atom. The van der Waals surface area contributed by atoms with Crippen LogP contribution >= 0.6 is 0 Å². The zero-order valence-corrected chi connectivity index (χ0v) is 11.4. The molecule has 0 radical (unpaired) electrons. The third-order valence-electron chi connectivity index (χ3n) is 2.68. The van der Waals surface area contributed by atoms with E-state index in [4.69, 9.17) is 10.2 Å². The lowest BCUT2D eigenvalue weighted by Crippen LogP contribution is -2.45. The van der Waals surface area contributed by atoms with E-state index >= 15 is 0 Å². The van der Waals surface area contributed by atoms with Gasteiger partial charge < -0.3 is 15.5 Å². The van der Waals surface area contributed by atoms with Gasteiger partial charge in [-0.3, -0.25) is 19.3 Å². The number of hydrogen-bond acceptors (Lipinski definition) is 6. The predicted octanol–water partition coefficient (Wildman–Crippen LogP) is -2.24. The highest BCUT2D eigenvalue weighted by Crippen LogP contribution is 2.11. The van der Waals surface area contributed by atoms with Crippen molar-refractivity contribution in [1.82, 2.24) is 10.2 Å². The maximum absolute atomic E-state index is 11.6. The summed E-state index contributed by atoms with van der Waals surface area (Å²) < 4.78 is 22.4. The number of hydrogen-bond donors (Lipinski definition) is 3. The molecule has 1 heterocycles. The summed E-state index contributed by atoms with van der Waals surface area (Å²) >= 11 is 0. The lowest BCUT2D eigenvalue weighted by atomic mass is 10.2. The second-order valence-electron chi connectivity index (χ2n) is 4.60. The monoisotopic (exact) mass is 308 g/mol. The third kappa shape index (κ3) is 5.97. The summed E-state index contributed by atoms with van der Waals surface area (Å²) in [6.07, 6.45) is 0.311. The van der Waals surface area contributed by atoms with E-state index in [0.717, 1.165) is 4.90 Å². The predicted molar refractivity (Wildman–Crippen MR) is 66.9 cm³/mol.